The van der Waals surface area contributed by atoms with Gasteiger partial charge in [-0.25, -0.2) is 4.98 Å². The number of carbonyl (C=O) groups excluding carboxylic acids is 1. The van der Waals surface area contributed by atoms with Crippen molar-refractivity contribution in [2.24, 2.45) is 0 Å². The van der Waals surface area contributed by atoms with Crippen LogP contribution < -0.4 is 5.32 Å². The maximum atomic E-state index is 13.0. The van der Waals surface area contributed by atoms with Gasteiger partial charge in [0.2, 0.25) is 0 Å². The molecule has 2 aromatic carbocycles. The number of para-hydroxylation sites is 1. The minimum atomic E-state index is -0.0854. The second kappa shape index (κ2) is 7.10. The smallest absolute Gasteiger partial charge is 0.252 e. The summed E-state index contributed by atoms with van der Waals surface area (Å²) < 4.78 is 0. The highest BCUT2D eigenvalue weighted by molar-refractivity contribution is 7.13. The Kier molecular flexibility index (Phi) is 4.50. The van der Waals surface area contributed by atoms with E-state index in [0.717, 1.165) is 27.0 Å². The first-order valence-corrected chi connectivity index (χ1v) is 9.40. The van der Waals surface area contributed by atoms with Gasteiger partial charge >= 0.3 is 0 Å². The van der Waals surface area contributed by atoms with E-state index in [1.807, 2.05) is 85.1 Å². The second-order valence-electron chi connectivity index (χ2n) is 6.16. The van der Waals surface area contributed by atoms with Crippen LogP contribution in [-0.2, 0) is 0 Å². The largest absolute Gasteiger partial charge is 0.345 e. The highest BCUT2D eigenvalue weighted by Crippen LogP contribution is 2.28. The van der Waals surface area contributed by atoms with Crippen LogP contribution >= 0.6 is 11.3 Å². The number of aromatic nitrogens is 1. The molecule has 0 bridgehead atoms. The van der Waals surface area contributed by atoms with Gasteiger partial charge < -0.3 is 5.32 Å². The summed E-state index contributed by atoms with van der Waals surface area (Å²) in [6.07, 6.45) is 0. The standard InChI is InChI=1S/C22H18N2OS/c1-15(16-8-3-2-4-9-16)23-22(25)18-14-20(21-12-7-13-26-21)24-19-11-6-5-10-17(18)19/h2-15H,1H3,(H,23,25). The van der Waals surface area contributed by atoms with E-state index < -0.39 is 0 Å². The van der Waals surface area contributed by atoms with Crippen LogP contribution in [0.5, 0.6) is 0 Å². The van der Waals surface area contributed by atoms with Crippen LogP contribution in [0.4, 0.5) is 0 Å². The molecule has 0 fully saturated rings. The molecule has 1 amide bonds. The van der Waals surface area contributed by atoms with Crippen molar-refractivity contribution in [3.63, 3.8) is 0 Å². The Hall–Kier alpha value is -2.98. The van der Waals surface area contributed by atoms with Crippen LogP contribution in [0.15, 0.2) is 78.2 Å². The van der Waals surface area contributed by atoms with E-state index >= 15 is 0 Å². The molecule has 4 aromatic rings. The van der Waals surface area contributed by atoms with E-state index in [-0.39, 0.29) is 11.9 Å². The molecule has 2 heterocycles. The van der Waals surface area contributed by atoms with Gasteiger partial charge in [-0.15, -0.1) is 11.3 Å². The van der Waals surface area contributed by atoms with Gasteiger partial charge in [-0.05, 0) is 36.1 Å². The fourth-order valence-corrected chi connectivity index (χ4v) is 3.70. The van der Waals surface area contributed by atoms with Crippen molar-refractivity contribution in [1.82, 2.24) is 10.3 Å². The first-order chi connectivity index (χ1) is 12.7. The predicted molar refractivity (Wildman–Crippen MR) is 107 cm³/mol. The molecule has 0 spiro atoms. The number of fused-ring (bicyclic) bond motifs is 1. The summed E-state index contributed by atoms with van der Waals surface area (Å²) in [6.45, 7) is 2.00. The first kappa shape index (κ1) is 16.5. The summed E-state index contributed by atoms with van der Waals surface area (Å²) in [5.41, 5.74) is 3.40. The summed E-state index contributed by atoms with van der Waals surface area (Å²) in [5, 5.41) is 6.00. The summed E-state index contributed by atoms with van der Waals surface area (Å²) in [7, 11) is 0. The van der Waals surface area contributed by atoms with E-state index in [1.165, 1.54) is 0 Å². The van der Waals surface area contributed by atoms with E-state index in [9.17, 15) is 4.79 Å². The van der Waals surface area contributed by atoms with Crippen molar-refractivity contribution in [1.29, 1.82) is 0 Å². The fourth-order valence-electron chi connectivity index (χ4n) is 3.01. The number of hydrogen-bond acceptors (Lipinski definition) is 3. The van der Waals surface area contributed by atoms with E-state index in [1.54, 1.807) is 11.3 Å². The zero-order valence-corrected chi connectivity index (χ0v) is 15.2. The summed E-state index contributed by atoms with van der Waals surface area (Å²) in [6, 6.07) is 23.6. The van der Waals surface area contributed by atoms with Crippen molar-refractivity contribution >= 4 is 28.1 Å². The SMILES string of the molecule is CC(NC(=O)c1cc(-c2cccs2)nc2ccccc12)c1ccccc1. The Balaban J connectivity index is 1.73. The molecule has 0 aliphatic rings. The highest BCUT2D eigenvalue weighted by Gasteiger charge is 2.16. The van der Waals surface area contributed by atoms with Crippen molar-refractivity contribution < 1.29 is 4.79 Å². The topological polar surface area (TPSA) is 42.0 Å². The lowest BCUT2D eigenvalue weighted by atomic mass is 10.0. The summed E-state index contributed by atoms with van der Waals surface area (Å²) in [5.74, 6) is -0.0854. The monoisotopic (exact) mass is 358 g/mol. The van der Waals surface area contributed by atoms with Crippen LogP contribution in [0.2, 0.25) is 0 Å². The normalized spacial score (nSPS) is 12.0. The van der Waals surface area contributed by atoms with Crippen LogP contribution in [0.25, 0.3) is 21.5 Å². The third kappa shape index (κ3) is 3.24. The lowest BCUT2D eigenvalue weighted by Crippen LogP contribution is -2.27. The third-order valence-corrected chi connectivity index (χ3v) is 5.27. The molecule has 1 unspecified atom stereocenters. The number of benzene rings is 2. The maximum absolute atomic E-state index is 13.0. The molecule has 4 heteroatoms. The third-order valence-electron chi connectivity index (χ3n) is 4.38. The van der Waals surface area contributed by atoms with Gasteiger partial charge in [0.1, 0.15) is 0 Å². The number of nitrogens with zero attached hydrogens (tertiary/aromatic N) is 1. The van der Waals surface area contributed by atoms with Crippen LogP contribution in [0, 0.1) is 0 Å². The Labute approximate surface area is 156 Å². The zero-order valence-electron chi connectivity index (χ0n) is 14.3. The Morgan fingerprint density at radius 2 is 1.77 bits per heavy atom. The average molecular weight is 358 g/mol. The van der Waals surface area contributed by atoms with Crippen LogP contribution in [0.1, 0.15) is 28.9 Å². The number of rotatable bonds is 4. The Morgan fingerprint density at radius 1 is 1.00 bits per heavy atom. The minimum Gasteiger partial charge on any atom is -0.345 e. The predicted octanol–water partition coefficient (Wildman–Crippen LogP) is 5.45. The molecule has 0 aliphatic heterocycles. The van der Waals surface area contributed by atoms with Gasteiger partial charge in [-0.1, -0.05) is 54.6 Å². The number of hydrogen-bond donors (Lipinski definition) is 1. The number of amides is 1. The maximum Gasteiger partial charge on any atom is 0.252 e. The van der Waals surface area contributed by atoms with Crippen molar-refractivity contribution in [2.75, 3.05) is 0 Å². The molecule has 1 atom stereocenters. The molecule has 0 saturated heterocycles. The van der Waals surface area contributed by atoms with Gasteiger partial charge in [0.05, 0.1) is 27.7 Å². The minimum absolute atomic E-state index is 0.0687. The van der Waals surface area contributed by atoms with Crippen LogP contribution in [-0.4, -0.2) is 10.9 Å². The lowest BCUT2D eigenvalue weighted by Gasteiger charge is -2.16. The molecule has 0 aliphatic carbocycles. The van der Waals surface area contributed by atoms with E-state index in [2.05, 4.69) is 5.32 Å². The Bertz CT molecular complexity index is 1040. The summed E-state index contributed by atoms with van der Waals surface area (Å²) in [4.78, 5) is 18.8. The fraction of sp³-hybridized carbons (Fsp3) is 0.0909. The van der Waals surface area contributed by atoms with Gasteiger partial charge in [0, 0.05) is 5.39 Å². The molecule has 26 heavy (non-hydrogen) atoms. The van der Waals surface area contributed by atoms with E-state index in [0.29, 0.717) is 5.56 Å². The van der Waals surface area contributed by atoms with Gasteiger partial charge in [0.15, 0.2) is 0 Å². The molecule has 2 aromatic heterocycles. The molecule has 3 nitrogen and oxygen atoms in total. The van der Waals surface area contributed by atoms with Crippen molar-refractivity contribution in [3.05, 3.63) is 89.3 Å². The summed E-state index contributed by atoms with van der Waals surface area (Å²) >= 11 is 1.62. The van der Waals surface area contributed by atoms with Crippen molar-refractivity contribution in [3.8, 4) is 10.6 Å². The average Bonchev–Trinajstić information content (AvgIpc) is 3.22. The van der Waals surface area contributed by atoms with E-state index in [4.69, 9.17) is 4.98 Å². The van der Waals surface area contributed by atoms with Gasteiger partial charge in [-0.2, -0.15) is 0 Å². The van der Waals surface area contributed by atoms with Crippen LogP contribution in [0.3, 0.4) is 0 Å². The lowest BCUT2D eigenvalue weighted by molar-refractivity contribution is 0.0941. The molecule has 0 saturated carbocycles. The van der Waals surface area contributed by atoms with Gasteiger partial charge in [-0.3, -0.25) is 4.79 Å². The highest BCUT2D eigenvalue weighted by atomic mass is 32.1. The molecule has 4 rings (SSSR count). The molecular weight excluding hydrogens is 340 g/mol. The second-order valence-corrected chi connectivity index (χ2v) is 7.10. The first-order valence-electron chi connectivity index (χ1n) is 8.52. The van der Waals surface area contributed by atoms with Crippen molar-refractivity contribution in [2.45, 2.75) is 13.0 Å². The number of nitrogens with one attached hydrogen (secondary N) is 1. The number of pyridine rings is 1. The quantitative estimate of drug-likeness (QED) is 0.527. The molecule has 1 N–H and O–H groups in total. The van der Waals surface area contributed by atoms with Gasteiger partial charge in [0.25, 0.3) is 5.91 Å². The molecule has 0 radical (unpaired) electrons. The number of carbonyl (C=O) groups is 1. The zero-order chi connectivity index (χ0) is 17.9. The number of thiophene rings is 1. The molecule has 128 valence electrons. The Morgan fingerprint density at radius 3 is 2.54 bits per heavy atom. The molecular formula is C22H18N2OS.